The molecule has 19 heavy (non-hydrogen) atoms. The van der Waals surface area contributed by atoms with Crippen molar-refractivity contribution in [3.63, 3.8) is 0 Å². The molecule has 0 atom stereocenters. The lowest BCUT2D eigenvalue weighted by atomic mass is 9.91. The van der Waals surface area contributed by atoms with Crippen LogP contribution in [-0.4, -0.2) is 6.54 Å². The van der Waals surface area contributed by atoms with Crippen molar-refractivity contribution < 1.29 is 4.39 Å². The van der Waals surface area contributed by atoms with Gasteiger partial charge < -0.3 is 5.32 Å². The van der Waals surface area contributed by atoms with Crippen LogP contribution in [0, 0.1) is 12.7 Å². The third kappa shape index (κ3) is 2.65. The zero-order valence-corrected chi connectivity index (χ0v) is 11.7. The molecular weight excluding hydrogens is 261 g/mol. The van der Waals surface area contributed by atoms with E-state index in [1.54, 1.807) is 6.07 Å². The molecule has 0 amide bonds. The molecule has 0 bridgehead atoms. The van der Waals surface area contributed by atoms with E-state index in [-0.39, 0.29) is 18.2 Å². The van der Waals surface area contributed by atoms with Crippen LogP contribution in [0.3, 0.4) is 0 Å². The van der Waals surface area contributed by atoms with Gasteiger partial charge in [-0.05, 0) is 54.3 Å². The van der Waals surface area contributed by atoms with Gasteiger partial charge in [0.25, 0.3) is 0 Å². The minimum Gasteiger partial charge on any atom is -0.312 e. The lowest BCUT2D eigenvalue weighted by Crippen LogP contribution is -2.23. The zero-order chi connectivity index (χ0) is 12.5. The van der Waals surface area contributed by atoms with E-state index < -0.39 is 0 Å². The van der Waals surface area contributed by atoms with E-state index in [0.717, 1.165) is 30.6 Å². The first-order chi connectivity index (χ1) is 8.75. The summed E-state index contributed by atoms with van der Waals surface area (Å²) in [6.45, 7) is 3.98. The summed E-state index contributed by atoms with van der Waals surface area (Å²) in [5.41, 5.74) is 5.55. The molecule has 0 radical (unpaired) electrons. The van der Waals surface area contributed by atoms with E-state index in [9.17, 15) is 4.39 Å². The van der Waals surface area contributed by atoms with Gasteiger partial charge in [0.05, 0.1) is 0 Å². The Bertz CT molecular complexity index is 595. The van der Waals surface area contributed by atoms with Gasteiger partial charge in [-0.25, -0.2) is 4.39 Å². The molecule has 2 aromatic rings. The van der Waals surface area contributed by atoms with Crippen LogP contribution in [0.15, 0.2) is 36.4 Å². The van der Waals surface area contributed by atoms with Gasteiger partial charge in [0.2, 0.25) is 0 Å². The minimum atomic E-state index is -0.149. The molecule has 0 saturated carbocycles. The van der Waals surface area contributed by atoms with Crippen molar-refractivity contribution in [2.24, 2.45) is 0 Å². The molecule has 0 spiro atoms. The van der Waals surface area contributed by atoms with Crippen molar-refractivity contribution in [2.45, 2.75) is 19.9 Å². The average molecular weight is 278 g/mol. The Morgan fingerprint density at radius 3 is 2.63 bits per heavy atom. The highest BCUT2D eigenvalue weighted by atomic mass is 35.5. The van der Waals surface area contributed by atoms with E-state index in [0.29, 0.717) is 5.56 Å². The summed E-state index contributed by atoms with van der Waals surface area (Å²) in [5, 5.41) is 3.36. The van der Waals surface area contributed by atoms with Crippen LogP contribution in [0.25, 0.3) is 11.1 Å². The van der Waals surface area contributed by atoms with Crippen LogP contribution in [-0.2, 0) is 13.0 Å². The van der Waals surface area contributed by atoms with E-state index >= 15 is 0 Å². The number of aryl methyl sites for hydroxylation is 1. The fourth-order valence-corrected chi connectivity index (χ4v) is 2.63. The van der Waals surface area contributed by atoms with Gasteiger partial charge in [-0.15, -0.1) is 12.4 Å². The Hall–Kier alpha value is -1.38. The topological polar surface area (TPSA) is 12.0 Å². The SMILES string of the molecule is Cc1cc2c(cc1-c1ccccc1F)CNCC2.Cl. The standard InChI is InChI=1S/C16H16FN.ClH/c1-11-8-12-6-7-18-10-13(12)9-15(11)14-4-2-3-5-16(14)17;/h2-5,8-9,18H,6-7,10H2,1H3;1H. The van der Waals surface area contributed by atoms with Crippen molar-refractivity contribution in [3.05, 3.63) is 58.9 Å². The van der Waals surface area contributed by atoms with E-state index in [4.69, 9.17) is 0 Å². The Balaban J connectivity index is 0.00000133. The van der Waals surface area contributed by atoms with Gasteiger partial charge in [-0.1, -0.05) is 24.3 Å². The molecular formula is C16H17ClFN. The molecule has 100 valence electrons. The van der Waals surface area contributed by atoms with Crippen LogP contribution in [0.2, 0.25) is 0 Å². The van der Waals surface area contributed by atoms with E-state index in [1.165, 1.54) is 17.2 Å². The van der Waals surface area contributed by atoms with E-state index in [1.807, 2.05) is 12.1 Å². The van der Waals surface area contributed by atoms with Crippen molar-refractivity contribution in [1.82, 2.24) is 5.32 Å². The monoisotopic (exact) mass is 277 g/mol. The smallest absolute Gasteiger partial charge is 0.131 e. The first-order valence-electron chi connectivity index (χ1n) is 6.34. The second kappa shape index (κ2) is 5.72. The number of halogens is 2. The Labute approximate surface area is 119 Å². The fourth-order valence-electron chi connectivity index (χ4n) is 2.63. The highest BCUT2D eigenvalue weighted by Gasteiger charge is 2.13. The largest absolute Gasteiger partial charge is 0.312 e. The first-order valence-corrected chi connectivity index (χ1v) is 6.34. The summed E-state index contributed by atoms with van der Waals surface area (Å²) >= 11 is 0. The summed E-state index contributed by atoms with van der Waals surface area (Å²) in [6, 6.07) is 11.3. The fraction of sp³-hybridized carbons (Fsp3) is 0.250. The Morgan fingerprint density at radius 1 is 1.05 bits per heavy atom. The number of benzene rings is 2. The molecule has 1 nitrogen and oxygen atoms in total. The molecule has 1 aliphatic rings. The molecule has 3 heteroatoms. The number of nitrogens with one attached hydrogen (secondary N) is 1. The summed E-state index contributed by atoms with van der Waals surface area (Å²) in [7, 11) is 0. The van der Waals surface area contributed by atoms with Gasteiger partial charge in [-0.2, -0.15) is 0 Å². The highest BCUT2D eigenvalue weighted by molar-refractivity contribution is 5.85. The number of fused-ring (bicyclic) bond motifs is 1. The Morgan fingerprint density at radius 2 is 1.84 bits per heavy atom. The molecule has 0 unspecified atom stereocenters. The second-order valence-corrected chi connectivity index (χ2v) is 4.84. The maximum absolute atomic E-state index is 13.9. The normalized spacial score (nSPS) is 13.6. The highest BCUT2D eigenvalue weighted by Crippen LogP contribution is 2.29. The van der Waals surface area contributed by atoms with Crippen molar-refractivity contribution in [1.29, 1.82) is 0 Å². The van der Waals surface area contributed by atoms with Crippen molar-refractivity contribution >= 4 is 12.4 Å². The predicted octanol–water partition coefficient (Wildman–Crippen LogP) is 3.87. The van der Waals surface area contributed by atoms with Crippen LogP contribution in [0.4, 0.5) is 4.39 Å². The molecule has 1 aliphatic heterocycles. The molecule has 0 fully saturated rings. The van der Waals surface area contributed by atoms with Crippen molar-refractivity contribution in [3.8, 4) is 11.1 Å². The van der Waals surface area contributed by atoms with Gasteiger partial charge in [0, 0.05) is 12.1 Å². The number of hydrogen-bond donors (Lipinski definition) is 1. The van der Waals surface area contributed by atoms with Gasteiger partial charge >= 0.3 is 0 Å². The molecule has 3 rings (SSSR count). The first kappa shape index (κ1) is 14.0. The van der Waals surface area contributed by atoms with Crippen LogP contribution in [0.1, 0.15) is 16.7 Å². The summed E-state index contributed by atoms with van der Waals surface area (Å²) in [6.07, 6.45) is 1.06. The minimum absolute atomic E-state index is 0. The third-order valence-electron chi connectivity index (χ3n) is 3.60. The molecule has 0 aromatic heterocycles. The maximum atomic E-state index is 13.9. The second-order valence-electron chi connectivity index (χ2n) is 4.84. The number of rotatable bonds is 1. The average Bonchev–Trinajstić information content (AvgIpc) is 2.39. The molecule has 1 N–H and O–H groups in total. The molecule has 1 heterocycles. The maximum Gasteiger partial charge on any atom is 0.131 e. The van der Waals surface area contributed by atoms with E-state index in [2.05, 4.69) is 24.4 Å². The van der Waals surface area contributed by atoms with Crippen LogP contribution >= 0.6 is 12.4 Å². The lowest BCUT2D eigenvalue weighted by molar-refractivity contribution is 0.630. The molecule has 2 aromatic carbocycles. The Kier molecular flexibility index (Phi) is 4.23. The summed E-state index contributed by atoms with van der Waals surface area (Å²) < 4.78 is 13.9. The quantitative estimate of drug-likeness (QED) is 0.834. The van der Waals surface area contributed by atoms with Crippen molar-refractivity contribution in [2.75, 3.05) is 6.54 Å². The summed E-state index contributed by atoms with van der Waals surface area (Å²) in [4.78, 5) is 0. The number of hydrogen-bond acceptors (Lipinski definition) is 1. The third-order valence-corrected chi connectivity index (χ3v) is 3.60. The van der Waals surface area contributed by atoms with Gasteiger partial charge in [0.15, 0.2) is 0 Å². The zero-order valence-electron chi connectivity index (χ0n) is 10.9. The molecule has 0 aliphatic carbocycles. The summed E-state index contributed by atoms with van der Waals surface area (Å²) in [5.74, 6) is -0.149. The predicted molar refractivity (Wildman–Crippen MR) is 79.2 cm³/mol. The molecule has 0 saturated heterocycles. The van der Waals surface area contributed by atoms with Crippen LogP contribution < -0.4 is 5.32 Å². The van der Waals surface area contributed by atoms with Crippen LogP contribution in [0.5, 0.6) is 0 Å². The van der Waals surface area contributed by atoms with Gasteiger partial charge in [-0.3, -0.25) is 0 Å². The lowest BCUT2D eigenvalue weighted by Gasteiger charge is -2.20. The van der Waals surface area contributed by atoms with Gasteiger partial charge in [0.1, 0.15) is 5.82 Å².